The first-order chi connectivity index (χ1) is 17.8. The summed E-state index contributed by atoms with van der Waals surface area (Å²) in [5.41, 5.74) is 5.91. The van der Waals surface area contributed by atoms with Crippen molar-refractivity contribution in [3.05, 3.63) is 87.2 Å². The average molecular weight is 520 g/mol. The number of nitriles is 1. The normalized spacial score (nSPS) is 14.3. The van der Waals surface area contributed by atoms with Crippen LogP contribution in [0.15, 0.2) is 48.8 Å². The van der Waals surface area contributed by atoms with Gasteiger partial charge >= 0.3 is 5.97 Å². The second kappa shape index (κ2) is 12.1. The maximum Gasteiger partial charge on any atom is 0.303 e. The summed E-state index contributed by atoms with van der Waals surface area (Å²) in [4.78, 5) is 17.0. The van der Waals surface area contributed by atoms with Crippen molar-refractivity contribution >= 4 is 17.6 Å². The lowest BCUT2D eigenvalue weighted by molar-refractivity contribution is -0.137. The zero-order valence-electron chi connectivity index (χ0n) is 21.0. The summed E-state index contributed by atoms with van der Waals surface area (Å²) >= 11 is 6.70. The van der Waals surface area contributed by atoms with Crippen molar-refractivity contribution in [2.24, 2.45) is 0 Å². The van der Waals surface area contributed by atoms with Crippen molar-refractivity contribution < 1.29 is 19.4 Å². The van der Waals surface area contributed by atoms with Crippen LogP contribution < -0.4 is 9.47 Å². The van der Waals surface area contributed by atoms with Crippen LogP contribution in [-0.2, 0) is 24.4 Å². The van der Waals surface area contributed by atoms with E-state index in [-0.39, 0.29) is 19.1 Å². The van der Waals surface area contributed by atoms with Gasteiger partial charge in [0.05, 0.1) is 10.6 Å². The lowest BCUT2D eigenvalue weighted by Gasteiger charge is -2.22. The molecule has 3 aromatic rings. The molecule has 0 radical (unpaired) electrons. The van der Waals surface area contributed by atoms with Crippen LogP contribution in [-0.4, -0.2) is 34.6 Å². The third kappa shape index (κ3) is 6.79. The highest BCUT2D eigenvalue weighted by molar-refractivity contribution is 6.32. The largest absolute Gasteiger partial charge is 0.488 e. The zero-order chi connectivity index (χ0) is 26.4. The van der Waals surface area contributed by atoms with E-state index in [1.165, 1.54) is 22.9 Å². The van der Waals surface area contributed by atoms with Gasteiger partial charge in [-0.15, -0.1) is 0 Å². The number of hydrogen-bond acceptors (Lipinski definition) is 6. The number of halogens is 1. The molecule has 1 aliphatic carbocycles. The smallest absolute Gasteiger partial charge is 0.303 e. The Morgan fingerprint density at radius 3 is 2.89 bits per heavy atom. The summed E-state index contributed by atoms with van der Waals surface area (Å²) < 4.78 is 12.6. The van der Waals surface area contributed by atoms with Gasteiger partial charge in [0.2, 0.25) is 0 Å². The summed E-state index contributed by atoms with van der Waals surface area (Å²) in [5, 5.41) is 18.6. The van der Waals surface area contributed by atoms with Crippen molar-refractivity contribution in [1.82, 2.24) is 9.88 Å². The molecule has 0 bridgehead atoms. The Kier molecular flexibility index (Phi) is 8.65. The lowest BCUT2D eigenvalue weighted by atomic mass is 10.0. The van der Waals surface area contributed by atoms with Gasteiger partial charge in [0.1, 0.15) is 30.3 Å². The lowest BCUT2D eigenvalue weighted by Crippen LogP contribution is -2.20. The van der Waals surface area contributed by atoms with E-state index in [1.807, 2.05) is 24.1 Å². The number of carbonyl (C=O) groups is 1. The van der Waals surface area contributed by atoms with E-state index in [2.05, 4.69) is 36.2 Å². The number of rotatable bonds is 11. The molecule has 0 aliphatic heterocycles. The molecule has 1 aliphatic rings. The van der Waals surface area contributed by atoms with Gasteiger partial charge in [-0.25, -0.2) is 0 Å². The number of ether oxygens (including phenoxy) is 2. The van der Waals surface area contributed by atoms with Crippen LogP contribution in [0.2, 0.25) is 5.02 Å². The van der Waals surface area contributed by atoms with Gasteiger partial charge in [-0.05, 0) is 68.6 Å². The van der Waals surface area contributed by atoms with Crippen molar-refractivity contribution in [1.29, 1.82) is 5.26 Å². The van der Waals surface area contributed by atoms with Gasteiger partial charge in [0.25, 0.3) is 0 Å². The van der Waals surface area contributed by atoms with E-state index in [9.17, 15) is 10.1 Å². The highest BCUT2D eigenvalue weighted by Crippen LogP contribution is 2.41. The van der Waals surface area contributed by atoms with Gasteiger partial charge in [-0.1, -0.05) is 29.8 Å². The number of pyridine rings is 1. The molecule has 1 heterocycles. The number of carboxylic acids is 1. The number of nitrogens with zero attached hydrogens (tertiary/aromatic N) is 3. The molecule has 7 nitrogen and oxygen atoms in total. The zero-order valence-corrected chi connectivity index (χ0v) is 21.8. The SMILES string of the molecule is Cc1cccc2c1CC[C@@H]2Oc1cc(OCc2cncc(C#N)c2)c(CN(C)CCCC(=O)O)cc1Cl. The molecule has 0 saturated heterocycles. The molecular weight excluding hydrogens is 490 g/mol. The first kappa shape index (κ1) is 26.5. The van der Waals surface area contributed by atoms with Crippen LogP contribution in [0.1, 0.15) is 58.7 Å². The van der Waals surface area contributed by atoms with Crippen molar-refractivity contribution in [3.63, 3.8) is 0 Å². The second-order valence-electron chi connectivity index (χ2n) is 9.40. The molecule has 1 atom stereocenters. The molecule has 0 saturated carbocycles. The predicted molar refractivity (Wildman–Crippen MR) is 141 cm³/mol. The minimum absolute atomic E-state index is 0.0821. The van der Waals surface area contributed by atoms with Crippen LogP contribution in [0.25, 0.3) is 0 Å². The number of benzene rings is 2. The first-order valence-electron chi connectivity index (χ1n) is 12.3. The minimum atomic E-state index is -0.807. The maximum absolute atomic E-state index is 10.9. The summed E-state index contributed by atoms with van der Waals surface area (Å²) in [6, 6.07) is 13.8. The number of aliphatic carboxylic acids is 1. The Morgan fingerprint density at radius 1 is 1.27 bits per heavy atom. The average Bonchev–Trinajstić information content (AvgIpc) is 3.28. The molecule has 192 valence electrons. The Balaban J connectivity index is 1.57. The van der Waals surface area contributed by atoms with Crippen molar-refractivity contribution in [2.75, 3.05) is 13.6 Å². The molecule has 0 fully saturated rings. The number of aromatic nitrogens is 1. The van der Waals surface area contributed by atoms with Crippen molar-refractivity contribution in [3.8, 4) is 17.6 Å². The molecule has 0 unspecified atom stereocenters. The Morgan fingerprint density at radius 2 is 2.11 bits per heavy atom. The van der Waals surface area contributed by atoms with E-state index in [4.69, 9.17) is 26.2 Å². The Hall–Kier alpha value is -3.60. The number of hydrogen-bond donors (Lipinski definition) is 1. The second-order valence-corrected chi connectivity index (χ2v) is 9.80. The Bertz CT molecular complexity index is 1320. The van der Waals surface area contributed by atoms with Gasteiger partial charge in [0, 0.05) is 42.6 Å². The predicted octanol–water partition coefficient (Wildman–Crippen LogP) is 5.86. The quantitative estimate of drug-likeness (QED) is 0.339. The van der Waals surface area contributed by atoms with Crippen LogP contribution in [0, 0.1) is 18.3 Å². The third-order valence-electron chi connectivity index (χ3n) is 6.52. The van der Waals surface area contributed by atoms with Gasteiger partial charge in [-0.3, -0.25) is 9.78 Å². The minimum Gasteiger partial charge on any atom is -0.488 e. The summed E-state index contributed by atoms with van der Waals surface area (Å²) in [5.74, 6) is 0.366. The van der Waals surface area contributed by atoms with Gasteiger partial charge < -0.3 is 19.5 Å². The van der Waals surface area contributed by atoms with Crippen molar-refractivity contribution in [2.45, 2.75) is 51.9 Å². The highest BCUT2D eigenvalue weighted by atomic mass is 35.5. The van der Waals surface area contributed by atoms with E-state index in [1.54, 1.807) is 12.3 Å². The van der Waals surface area contributed by atoms with E-state index < -0.39 is 5.97 Å². The van der Waals surface area contributed by atoms with E-state index >= 15 is 0 Å². The number of carboxylic acid groups (broad SMARTS) is 1. The van der Waals surface area contributed by atoms with Crippen LogP contribution in [0.3, 0.4) is 0 Å². The molecule has 4 rings (SSSR count). The monoisotopic (exact) mass is 519 g/mol. The molecule has 2 aromatic carbocycles. The topological polar surface area (TPSA) is 95.7 Å². The fourth-order valence-corrected chi connectivity index (χ4v) is 4.89. The first-order valence-corrected chi connectivity index (χ1v) is 12.7. The molecule has 0 spiro atoms. The fourth-order valence-electron chi connectivity index (χ4n) is 4.66. The van der Waals surface area contributed by atoms with Gasteiger partial charge in [-0.2, -0.15) is 5.26 Å². The standard InChI is InChI=1S/C29H30ClN3O4/c1-19-5-3-6-24-23(19)8-9-26(24)37-28-13-27(36-18-21-11-20(14-31)15-32-16-21)22(12-25(28)30)17-33(2)10-4-7-29(34)35/h3,5-6,11-13,15-16,26H,4,7-10,17-18H2,1-2H3,(H,34,35)/t26-/m0/s1. The third-order valence-corrected chi connectivity index (χ3v) is 6.82. The van der Waals surface area contributed by atoms with E-state index in [0.29, 0.717) is 41.6 Å². The van der Waals surface area contributed by atoms with Gasteiger partial charge in [0.15, 0.2) is 0 Å². The Labute approximate surface area is 222 Å². The van der Waals surface area contributed by atoms with Crippen LogP contribution in [0.5, 0.6) is 11.5 Å². The highest BCUT2D eigenvalue weighted by Gasteiger charge is 2.26. The number of fused-ring (bicyclic) bond motifs is 1. The summed E-state index contributed by atoms with van der Waals surface area (Å²) in [7, 11) is 1.93. The van der Waals surface area contributed by atoms with Crippen LogP contribution >= 0.6 is 11.6 Å². The maximum atomic E-state index is 10.9. The molecular formula is C29H30ClN3O4. The number of aryl methyl sites for hydroxylation is 1. The van der Waals surface area contributed by atoms with E-state index in [0.717, 1.165) is 24.0 Å². The molecule has 1 N–H and O–H groups in total. The summed E-state index contributed by atoms with van der Waals surface area (Å²) in [6.07, 6.45) is 5.61. The molecule has 0 amide bonds. The summed E-state index contributed by atoms with van der Waals surface area (Å²) in [6.45, 7) is 3.49. The molecule has 37 heavy (non-hydrogen) atoms. The van der Waals surface area contributed by atoms with Crippen LogP contribution in [0.4, 0.5) is 0 Å². The molecule has 1 aromatic heterocycles. The molecule has 8 heteroatoms. The fraction of sp³-hybridized carbons (Fsp3) is 0.345.